The van der Waals surface area contributed by atoms with Gasteiger partial charge >= 0.3 is 5.97 Å². The summed E-state index contributed by atoms with van der Waals surface area (Å²) in [6.45, 7) is 7.06. The molecule has 1 aliphatic rings. The first-order chi connectivity index (χ1) is 13.1. The van der Waals surface area contributed by atoms with E-state index in [2.05, 4.69) is 34.3 Å². The second-order valence-corrected chi connectivity index (χ2v) is 6.95. The van der Waals surface area contributed by atoms with Crippen molar-refractivity contribution >= 4 is 11.9 Å². The lowest BCUT2D eigenvalue weighted by Crippen LogP contribution is -2.47. The van der Waals surface area contributed by atoms with Crippen molar-refractivity contribution in [3.05, 3.63) is 29.8 Å². The number of likely N-dealkylation sites (tertiary alicyclic amines) is 1. The molecule has 1 saturated heterocycles. The number of methoxy groups -OCH3 is 1. The second-order valence-electron chi connectivity index (χ2n) is 6.95. The number of rotatable bonds is 7. The number of nitrogens with one attached hydrogen (secondary N) is 1. The number of benzene rings is 1. The molecule has 1 aromatic rings. The fourth-order valence-electron chi connectivity index (χ4n) is 3.42. The van der Waals surface area contributed by atoms with Crippen LogP contribution in [0.3, 0.4) is 0 Å². The molecule has 0 bridgehead atoms. The molecule has 0 aliphatic carbocycles. The molecule has 1 aromatic carbocycles. The Morgan fingerprint density at radius 3 is 2.52 bits per heavy atom. The number of nitrogens with zero attached hydrogens (tertiary/aromatic N) is 2. The number of carbonyl (C=O) groups is 1. The lowest BCUT2D eigenvalue weighted by Gasteiger charge is -2.33. The summed E-state index contributed by atoms with van der Waals surface area (Å²) in [5.41, 5.74) is 1.31. The summed E-state index contributed by atoms with van der Waals surface area (Å²) in [7, 11) is 3.50. The molecule has 2 rings (SSSR count). The SMILES string of the molecule is CCOC(=O)C1CCN(C(=NC)NCCC(C)c2ccc(OC)cc2)CC1. The molecule has 0 radical (unpaired) electrons. The van der Waals surface area contributed by atoms with Gasteiger partial charge in [-0.15, -0.1) is 0 Å². The minimum atomic E-state index is -0.0617. The molecule has 0 aromatic heterocycles. The summed E-state index contributed by atoms with van der Waals surface area (Å²) in [4.78, 5) is 18.5. The van der Waals surface area contributed by atoms with Crippen LogP contribution in [0, 0.1) is 5.92 Å². The summed E-state index contributed by atoms with van der Waals surface area (Å²) in [5, 5.41) is 3.47. The molecule has 1 atom stereocenters. The average Bonchev–Trinajstić information content (AvgIpc) is 2.71. The first-order valence-corrected chi connectivity index (χ1v) is 9.85. The van der Waals surface area contributed by atoms with E-state index < -0.39 is 0 Å². The summed E-state index contributed by atoms with van der Waals surface area (Å²) < 4.78 is 10.4. The number of ether oxygens (including phenoxy) is 2. The maximum atomic E-state index is 11.9. The zero-order chi connectivity index (χ0) is 19.6. The standard InChI is InChI=1S/C21H33N3O3/c1-5-27-20(25)18-11-14-24(15-12-18)21(22-3)23-13-10-16(2)17-6-8-19(26-4)9-7-17/h6-9,16,18H,5,10-15H2,1-4H3,(H,22,23). The Balaban J connectivity index is 1.76. The van der Waals surface area contributed by atoms with Crippen LogP contribution in [-0.2, 0) is 9.53 Å². The van der Waals surface area contributed by atoms with E-state index in [1.807, 2.05) is 26.1 Å². The summed E-state index contributed by atoms with van der Waals surface area (Å²) >= 11 is 0. The second kappa shape index (κ2) is 10.8. The van der Waals surface area contributed by atoms with Crippen molar-refractivity contribution < 1.29 is 14.3 Å². The average molecular weight is 376 g/mol. The molecule has 150 valence electrons. The Morgan fingerprint density at radius 2 is 1.96 bits per heavy atom. The van der Waals surface area contributed by atoms with Gasteiger partial charge in [0.05, 0.1) is 19.6 Å². The highest BCUT2D eigenvalue weighted by atomic mass is 16.5. The van der Waals surface area contributed by atoms with Crippen LogP contribution in [0.1, 0.15) is 44.6 Å². The summed E-state index contributed by atoms with van der Waals surface area (Å²) in [5.74, 6) is 2.22. The maximum absolute atomic E-state index is 11.9. The van der Waals surface area contributed by atoms with Crippen LogP contribution in [0.25, 0.3) is 0 Å². The van der Waals surface area contributed by atoms with E-state index in [4.69, 9.17) is 9.47 Å². The Hall–Kier alpha value is -2.24. The molecular weight excluding hydrogens is 342 g/mol. The van der Waals surface area contributed by atoms with Crippen molar-refractivity contribution in [3.8, 4) is 5.75 Å². The topological polar surface area (TPSA) is 63.2 Å². The number of carbonyl (C=O) groups excluding carboxylic acids is 1. The van der Waals surface area contributed by atoms with E-state index in [-0.39, 0.29) is 11.9 Å². The van der Waals surface area contributed by atoms with E-state index in [1.54, 1.807) is 7.11 Å². The highest BCUT2D eigenvalue weighted by molar-refractivity contribution is 5.80. The van der Waals surface area contributed by atoms with Gasteiger partial charge in [-0.2, -0.15) is 0 Å². The highest BCUT2D eigenvalue weighted by Gasteiger charge is 2.27. The fraction of sp³-hybridized carbons (Fsp3) is 0.619. The van der Waals surface area contributed by atoms with Crippen molar-refractivity contribution in [1.29, 1.82) is 0 Å². The van der Waals surface area contributed by atoms with Crippen molar-refractivity contribution in [3.63, 3.8) is 0 Å². The van der Waals surface area contributed by atoms with Gasteiger partial charge in [-0.3, -0.25) is 9.79 Å². The third-order valence-corrected chi connectivity index (χ3v) is 5.17. The van der Waals surface area contributed by atoms with Gasteiger partial charge in [0.15, 0.2) is 5.96 Å². The highest BCUT2D eigenvalue weighted by Crippen LogP contribution is 2.22. The van der Waals surface area contributed by atoms with Crippen molar-refractivity contribution in [1.82, 2.24) is 10.2 Å². The van der Waals surface area contributed by atoms with Crippen molar-refractivity contribution in [2.45, 2.75) is 39.0 Å². The van der Waals surface area contributed by atoms with Gasteiger partial charge in [0, 0.05) is 26.7 Å². The number of piperidine rings is 1. The molecule has 1 heterocycles. The van der Waals surface area contributed by atoms with Gasteiger partial charge in [0.1, 0.15) is 5.75 Å². The Labute approximate surface area is 162 Å². The van der Waals surface area contributed by atoms with Crippen LogP contribution < -0.4 is 10.1 Å². The molecule has 27 heavy (non-hydrogen) atoms. The third-order valence-electron chi connectivity index (χ3n) is 5.17. The third kappa shape index (κ3) is 6.15. The monoisotopic (exact) mass is 375 g/mol. The predicted molar refractivity (Wildman–Crippen MR) is 108 cm³/mol. The summed E-state index contributed by atoms with van der Waals surface area (Å²) in [6.07, 6.45) is 2.66. The van der Waals surface area contributed by atoms with Gasteiger partial charge in [-0.05, 0) is 49.8 Å². The zero-order valence-corrected chi connectivity index (χ0v) is 17.0. The number of aliphatic imine (C=N–C) groups is 1. The van der Waals surface area contributed by atoms with Crippen LogP contribution in [0.5, 0.6) is 5.75 Å². The number of hydrogen-bond donors (Lipinski definition) is 1. The first kappa shape index (κ1) is 21.1. The molecular formula is C21H33N3O3. The Bertz CT molecular complexity index is 608. The fourth-order valence-corrected chi connectivity index (χ4v) is 3.42. The van der Waals surface area contributed by atoms with E-state index in [1.165, 1.54) is 5.56 Å². The molecule has 0 amide bonds. The number of hydrogen-bond acceptors (Lipinski definition) is 4. The minimum absolute atomic E-state index is 0.0226. The van der Waals surface area contributed by atoms with Crippen LogP contribution in [0.2, 0.25) is 0 Å². The molecule has 0 spiro atoms. The van der Waals surface area contributed by atoms with Gasteiger partial charge in [0.25, 0.3) is 0 Å². The van der Waals surface area contributed by atoms with Crippen LogP contribution in [-0.4, -0.2) is 57.2 Å². The Morgan fingerprint density at radius 1 is 1.30 bits per heavy atom. The summed E-state index contributed by atoms with van der Waals surface area (Å²) in [6, 6.07) is 8.26. The van der Waals surface area contributed by atoms with Crippen LogP contribution >= 0.6 is 0 Å². The smallest absolute Gasteiger partial charge is 0.309 e. The molecule has 1 unspecified atom stereocenters. The van der Waals surface area contributed by atoms with Gasteiger partial charge in [-0.1, -0.05) is 19.1 Å². The van der Waals surface area contributed by atoms with Gasteiger partial charge < -0.3 is 19.7 Å². The normalized spacial score (nSPS) is 16.7. The predicted octanol–water partition coefficient (Wildman–Crippen LogP) is 3.04. The lowest BCUT2D eigenvalue weighted by molar-refractivity contribution is -0.149. The zero-order valence-electron chi connectivity index (χ0n) is 17.0. The quantitative estimate of drug-likeness (QED) is 0.451. The molecule has 6 nitrogen and oxygen atoms in total. The number of guanidine groups is 1. The van der Waals surface area contributed by atoms with Crippen LogP contribution in [0.4, 0.5) is 0 Å². The van der Waals surface area contributed by atoms with E-state index >= 15 is 0 Å². The van der Waals surface area contributed by atoms with Crippen molar-refractivity contribution in [2.24, 2.45) is 10.9 Å². The first-order valence-electron chi connectivity index (χ1n) is 9.85. The van der Waals surface area contributed by atoms with E-state index in [9.17, 15) is 4.79 Å². The Kier molecular flexibility index (Phi) is 8.43. The largest absolute Gasteiger partial charge is 0.497 e. The minimum Gasteiger partial charge on any atom is -0.497 e. The van der Waals surface area contributed by atoms with E-state index in [0.717, 1.165) is 50.6 Å². The lowest BCUT2D eigenvalue weighted by atomic mass is 9.97. The maximum Gasteiger partial charge on any atom is 0.309 e. The molecule has 0 saturated carbocycles. The van der Waals surface area contributed by atoms with Gasteiger partial charge in [0.2, 0.25) is 0 Å². The number of esters is 1. The molecule has 6 heteroatoms. The van der Waals surface area contributed by atoms with Crippen LogP contribution in [0.15, 0.2) is 29.3 Å². The molecule has 1 fully saturated rings. The molecule has 1 N–H and O–H groups in total. The molecule has 1 aliphatic heterocycles. The van der Waals surface area contributed by atoms with Crippen molar-refractivity contribution in [2.75, 3.05) is 40.4 Å². The van der Waals surface area contributed by atoms with E-state index in [0.29, 0.717) is 12.5 Å². The van der Waals surface area contributed by atoms with Gasteiger partial charge in [-0.25, -0.2) is 0 Å².